The first-order valence-electron chi connectivity index (χ1n) is 7.46. The van der Waals surface area contributed by atoms with Gasteiger partial charge in [-0.2, -0.15) is 0 Å². The molecule has 0 heterocycles. The van der Waals surface area contributed by atoms with Crippen LogP contribution in [0.1, 0.15) is 22.8 Å². The normalized spacial score (nSPS) is 10.0. The molecule has 0 saturated carbocycles. The van der Waals surface area contributed by atoms with Crippen LogP contribution in [0.15, 0.2) is 48.5 Å². The van der Waals surface area contributed by atoms with Crippen molar-refractivity contribution in [2.24, 2.45) is 0 Å². The number of amides is 2. The van der Waals surface area contributed by atoms with E-state index < -0.39 is 0 Å². The summed E-state index contributed by atoms with van der Waals surface area (Å²) in [6.45, 7) is 2.45. The van der Waals surface area contributed by atoms with Crippen molar-refractivity contribution in [2.75, 3.05) is 19.0 Å². The summed E-state index contributed by atoms with van der Waals surface area (Å²) in [6.07, 6.45) is 0.321. The van der Waals surface area contributed by atoms with E-state index in [1.54, 1.807) is 37.4 Å². The third kappa shape index (κ3) is 4.85. The average Bonchev–Trinajstić information content (AvgIpc) is 2.57. The lowest BCUT2D eigenvalue weighted by molar-refractivity contribution is -0.119. The van der Waals surface area contributed by atoms with Gasteiger partial charge >= 0.3 is 0 Å². The van der Waals surface area contributed by atoms with Crippen molar-refractivity contribution in [3.8, 4) is 5.75 Å². The Kier molecular flexibility index (Phi) is 5.74. The van der Waals surface area contributed by atoms with Crippen LogP contribution in [0.25, 0.3) is 0 Å². The van der Waals surface area contributed by atoms with E-state index in [1.165, 1.54) is 0 Å². The number of hydrogen-bond donors (Lipinski definition) is 2. The second-order valence-electron chi connectivity index (χ2n) is 4.96. The van der Waals surface area contributed by atoms with Gasteiger partial charge in [0.15, 0.2) is 0 Å². The maximum atomic E-state index is 12.2. The van der Waals surface area contributed by atoms with E-state index in [-0.39, 0.29) is 11.8 Å². The molecule has 0 atom stereocenters. The van der Waals surface area contributed by atoms with E-state index >= 15 is 0 Å². The quantitative estimate of drug-likeness (QED) is 0.861. The largest absolute Gasteiger partial charge is 0.494 e. The minimum absolute atomic E-state index is 0.0467. The first-order chi connectivity index (χ1) is 11.1. The number of hydrogen-bond acceptors (Lipinski definition) is 3. The smallest absolute Gasteiger partial charge is 0.255 e. The van der Waals surface area contributed by atoms with Gasteiger partial charge in [-0.25, -0.2) is 0 Å². The Morgan fingerprint density at radius 1 is 1.09 bits per heavy atom. The van der Waals surface area contributed by atoms with E-state index in [0.29, 0.717) is 30.0 Å². The standard InChI is InChI=1S/C18H20N2O3/c1-3-23-16-6-4-5-14(12-16)18(22)20-15-9-7-13(8-10-15)11-17(21)19-2/h4-10,12H,3,11H2,1-2H3,(H,19,21)(H,20,22). The van der Waals surface area contributed by atoms with E-state index in [4.69, 9.17) is 4.74 Å². The van der Waals surface area contributed by atoms with Crippen LogP contribution < -0.4 is 15.4 Å². The molecule has 0 fully saturated rings. The summed E-state index contributed by atoms with van der Waals surface area (Å²) in [5.74, 6) is 0.418. The van der Waals surface area contributed by atoms with Crippen LogP contribution in [0.5, 0.6) is 5.75 Å². The van der Waals surface area contributed by atoms with Gasteiger partial charge in [0.05, 0.1) is 13.0 Å². The molecule has 2 rings (SSSR count). The molecule has 0 aliphatic carbocycles. The molecule has 0 bridgehead atoms. The fourth-order valence-corrected chi connectivity index (χ4v) is 2.08. The molecule has 0 aliphatic rings. The number of likely N-dealkylation sites (N-methyl/N-ethyl adjacent to an activating group) is 1. The zero-order chi connectivity index (χ0) is 16.7. The van der Waals surface area contributed by atoms with Crippen molar-refractivity contribution in [2.45, 2.75) is 13.3 Å². The van der Waals surface area contributed by atoms with Crippen molar-refractivity contribution in [1.29, 1.82) is 0 Å². The van der Waals surface area contributed by atoms with Gasteiger partial charge in [-0.1, -0.05) is 18.2 Å². The highest BCUT2D eigenvalue weighted by atomic mass is 16.5. The van der Waals surface area contributed by atoms with Crippen LogP contribution in [-0.2, 0) is 11.2 Å². The lowest BCUT2D eigenvalue weighted by atomic mass is 10.1. The zero-order valence-corrected chi connectivity index (χ0v) is 13.3. The van der Waals surface area contributed by atoms with Crippen LogP contribution in [0.4, 0.5) is 5.69 Å². The van der Waals surface area contributed by atoms with Crippen molar-refractivity contribution < 1.29 is 14.3 Å². The van der Waals surface area contributed by atoms with E-state index in [0.717, 1.165) is 5.56 Å². The number of rotatable bonds is 6. The Bertz CT molecular complexity index is 681. The third-order valence-corrected chi connectivity index (χ3v) is 3.26. The van der Waals surface area contributed by atoms with E-state index in [1.807, 2.05) is 25.1 Å². The van der Waals surface area contributed by atoms with Crippen LogP contribution in [0, 0.1) is 0 Å². The summed E-state index contributed by atoms with van der Waals surface area (Å²) in [5, 5.41) is 5.40. The molecule has 0 aliphatic heterocycles. The molecule has 5 nitrogen and oxygen atoms in total. The van der Waals surface area contributed by atoms with E-state index in [2.05, 4.69) is 10.6 Å². The number of benzene rings is 2. The predicted octanol–water partition coefficient (Wildman–Crippen LogP) is 2.63. The van der Waals surface area contributed by atoms with E-state index in [9.17, 15) is 9.59 Å². The molecule has 0 saturated heterocycles. The van der Waals surface area contributed by atoms with Crippen LogP contribution in [0.3, 0.4) is 0 Å². The number of ether oxygens (including phenoxy) is 1. The van der Waals surface area contributed by atoms with Gasteiger partial charge in [0.1, 0.15) is 5.75 Å². The van der Waals surface area contributed by atoms with Gasteiger partial charge < -0.3 is 15.4 Å². The fourth-order valence-electron chi connectivity index (χ4n) is 2.08. The molecule has 2 amide bonds. The summed E-state index contributed by atoms with van der Waals surface area (Å²) in [4.78, 5) is 23.6. The van der Waals surface area contributed by atoms with Crippen LogP contribution >= 0.6 is 0 Å². The van der Waals surface area contributed by atoms with Crippen molar-refractivity contribution in [3.05, 3.63) is 59.7 Å². The number of anilines is 1. The minimum atomic E-state index is -0.203. The monoisotopic (exact) mass is 312 g/mol. The summed E-state index contributed by atoms with van der Waals surface area (Å²) in [6, 6.07) is 14.2. The molecular weight excluding hydrogens is 292 g/mol. The van der Waals surface area contributed by atoms with Crippen molar-refractivity contribution in [3.63, 3.8) is 0 Å². The Hall–Kier alpha value is -2.82. The first-order valence-corrected chi connectivity index (χ1v) is 7.46. The molecule has 120 valence electrons. The summed E-state index contributed by atoms with van der Waals surface area (Å²) in [5.41, 5.74) is 2.10. The maximum Gasteiger partial charge on any atom is 0.255 e. The Labute approximate surface area is 135 Å². The van der Waals surface area contributed by atoms with Gasteiger partial charge in [0.25, 0.3) is 5.91 Å². The average molecular weight is 312 g/mol. The molecule has 2 N–H and O–H groups in total. The molecule has 23 heavy (non-hydrogen) atoms. The van der Waals surface area contributed by atoms with Crippen LogP contribution in [0.2, 0.25) is 0 Å². The van der Waals surface area contributed by atoms with Gasteiger partial charge in [-0.15, -0.1) is 0 Å². The Balaban J connectivity index is 2.02. The highest BCUT2D eigenvalue weighted by Gasteiger charge is 2.08. The maximum absolute atomic E-state index is 12.2. The van der Waals surface area contributed by atoms with Crippen LogP contribution in [-0.4, -0.2) is 25.5 Å². The second-order valence-corrected chi connectivity index (χ2v) is 4.96. The molecular formula is C18H20N2O3. The number of carbonyl (C=O) groups is 2. The van der Waals surface area contributed by atoms with Crippen molar-refractivity contribution in [1.82, 2.24) is 5.32 Å². The summed E-state index contributed by atoms with van der Waals surface area (Å²) >= 11 is 0. The topological polar surface area (TPSA) is 67.4 Å². The van der Waals surface area contributed by atoms with Gasteiger partial charge in [0, 0.05) is 18.3 Å². The van der Waals surface area contributed by atoms with Gasteiger partial charge in [-0.3, -0.25) is 9.59 Å². The van der Waals surface area contributed by atoms with Gasteiger partial charge in [-0.05, 0) is 42.8 Å². The molecule has 5 heteroatoms. The van der Waals surface area contributed by atoms with Crippen molar-refractivity contribution >= 4 is 17.5 Å². The minimum Gasteiger partial charge on any atom is -0.494 e. The fraction of sp³-hybridized carbons (Fsp3) is 0.222. The Morgan fingerprint density at radius 3 is 2.48 bits per heavy atom. The lowest BCUT2D eigenvalue weighted by Gasteiger charge is -2.08. The SMILES string of the molecule is CCOc1cccc(C(=O)Nc2ccc(CC(=O)NC)cc2)c1. The predicted molar refractivity (Wildman–Crippen MR) is 89.8 cm³/mol. The van der Waals surface area contributed by atoms with Gasteiger partial charge in [0.2, 0.25) is 5.91 Å². The number of nitrogens with one attached hydrogen (secondary N) is 2. The highest BCUT2D eigenvalue weighted by molar-refractivity contribution is 6.04. The molecule has 0 unspecified atom stereocenters. The molecule has 2 aromatic carbocycles. The molecule has 2 aromatic rings. The third-order valence-electron chi connectivity index (χ3n) is 3.26. The molecule has 0 radical (unpaired) electrons. The Morgan fingerprint density at radius 2 is 1.83 bits per heavy atom. The summed E-state index contributed by atoms with van der Waals surface area (Å²) in [7, 11) is 1.60. The lowest BCUT2D eigenvalue weighted by Crippen LogP contribution is -2.19. The second kappa shape index (κ2) is 7.98. The molecule has 0 aromatic heterocycles. The molecule has 0 spiro atoms. The highest BCUT2D eigenvalue weighted by Crippen LogP contribution is 2.16. The summed E-state index contributed by atoms with van der Waals surface area (Å²) < 4.78 is 5.39. The zero-order valence-electron chi connectivity index (χ0n) is 13.3. The number of carbonyl (C=O) groups excluding carboxylic acids is 2. The first kappa shape index (κ1) is 16.5.